The van der Waals surface area contributed by atoms with E-state index in [1.54, 1.807) is 14.2 Å². The van der Waals surface area contributed by atoms with Gasteiger partial charge < -0.3 is 24.8 Å². The van der Waals surface area contributed by atoms with Gasteiger partial charge in [-0.15, -0.1) is 24.0 Å². The summed E-state index contributed by atoms with van der Waals surface area (Å²) in [4.78, 5) is 4.39. The van der Waals surface area contributed by atoms with Gasteiger partial charge in [-0.25, -0.2) is 0 Å². The Balaban J connectivity index is 0.00000341. The predicted octanol–water partition coefficient (Wildman–Crippen LogP) is 5.10. The Morgan fingerprint density at radius 1 is 1.16 bits per heavy atom. The average molecular weight is 560 g/mol. The molecule has 0 bridgehead atoms. The van der Waals surface area contributed by atoms with Gasteiger partial charge in [0.05, 0.1) is 13.7 Å². The first-order chi connectivity index (χ1) is 14.6. The standard InChI is InChI=1S/C23H30ClN3O3.HI/c1-4-30-20-9-8-19(15-21(20)28-3)27-22(25-2)26-16-23(10-12-29-13-11-23)17-6-5-7-18(24)14-17;/h5-9,14-15H,4,10-13,16H2,1-3H3,(H2,25,26,27);1H. The maximum atomic E-state index is 6.28. The lowest BCUT2D eigenvalue weighted by Gasteiger charge is -2.38. The van der Waals surface area contributed by atoms with E-state index in [-0.39, 0.29) is 29.4 Å². The number of anilines is 1. The third-order valence-corrected chi connectivity index (χ3v) is 5.67. The van der Waals surface area contributed by atoms with Crippen molar-refractivity contribution >= 4 is 47.2 Å². The van der Waals surface area contributed by atoms with Gasteiger partial charge in [-0.05, 0) is 49.6 Å². The highest BCUT2D eigenvalue weighted by atomic mass is 127. The van der Waals surface area contributed by atoms with E-state index in [1.807, 2.05) is 37.3 Å². The van der Waals surface area contributed by atoms with Crippen LogP contribution in [0.2, 0.25) is 5.02 Å². The molecular formula is C23H31ClIN3O3. The number of aliphatic imine (C=N–C) groups is 1. The molecule has 0 saturated carbocycles. The van der Waals surface area contributed by atoms with Crippen LogP contribution in [0.1, 0.15) is 25.3 Å². The van der Waals surface area contributed by atoms with Crippen LogP contribution in [0.5, 0.6) is 11.5 Å². The van der Waals surface area contributed by atoms with E-state index in [1.165, 1.54) is 5.56 Å². The van der Waals surface area contributed by atoms with Crippen LogP contribution in [-0.2, 0) is 10.2 Å². The molecule has 0 atom stereocenters. The number of hydrogen-bond acceptors (Lipinski definition) is 4. The zero-order chi connectivity index (χ0) is 21.4. The first kappa shape index (κ1) is 25.5. The van der Waals surface area contributed by atoms with Crippen molar-refractivity contribution in [2.45, 2.75) is 25.2 Å². The Bertz CT molecular complexity index is 873. The van der Waals surface area contributed by atoms with Crippen molar-refractivity contribution in [1.29, 1.82) is 0 Å². The summed E-state index contributed by atoms with van der Waals surface area (Å²) >= 11 is 6.28. The van der Waals surface area contributed by atoms with Crippen molar-refractivity contribution in [2.24, 2.45) is 4.99 Å². The monoisotopic (exact) mass is 559 g/mol. The van der Waals surface area contributed by atoms with Gasteiger partial charge in [0.1, 0.15) is 0 Å². The molecule has 0 aliphatic carbocycles. The summed E-state index contributed by atoms with van der Waals surface area (Å²) in [6.07, 6.45) is 1.85. The number of hydrogen-bond donors (Lipinski definition) is 2. The molecule has 6 nitrogen and oxygen atoms in total. The highest BCUT2D eigenvalue weighted by Gasteiger charge is 2.34. The molecule has 170 valence electrons. The van der Waals surface area contributed by atoms with Gasteiger partial charge >= 0.3 is 0 Å². The van der Waals surface area contributed by atoms with E-state index in [0.717, 1.165) is 49.1 Å². The Hall–Kier alpha value is -1.71. The van der Waals surface area contributed by atoms with Crippen LogP contribution >= 0.6 is 35.6 Å². The lowest BCUT2D eigenvalue weighted by Crippen LogP contribution is -2.46. The molecule has 1 heterocycles. The highest BCUT2D eigenvalue weighted by Crippen LogP contribution is 2.35. The fraction of sp³-hybridized carbons (Fsp3) is 0.435. The molecule has 31 heavy (non-hydrogen) atoms. The van der Waals surface area contributed by atoms with E-state index in [4.69, 9.17) is 25.8 Å². The van der Waals surface area contributed by atoms with Gasteiger partial charge in [-0.3, -0.25) is 4.99 Å². The Kier molecular flexibility index (Phi) is 10.2. The SMILES string of the molecule is CCOc1ccc(NC(=NC)NCC2(c3cccc(Cl)c3)CCOCC2)cc1OC.I. The van der Waals surface area contributed by atoms with E-state index < -0.39 is 0 Å². The highest BCUT2D eigenvalue weighted by molar-refractivity contribution is 14.0. The maximum Gasteiger partial charge on any atom is 0.195 e. The predicted molar refractivity (Wildman–Crippen MR) is 138 cm³/mol. The van der Waals surface area contributed by atoms with Gasteiger partial charge in [0, 0.05) is 49.0 Å². The normalized spacial score (nSPS) is 15.5. The number of rotatable bonds is 7. The number of methoxy groups -OCH3 is 1. The fourth-order valence-corrected chi connectivity index (χ4v) is 3.93. The summed E-state index contributed by atoms with van der Waals surface area (Å²) in [6, 6.07) is 13.9. The van der Waals surface area contributed by atoms with Crippen LogP contribution < -0.4 is 20.1 Å². The molecule has 2 aromatic rings. The van der Waals surface area contributed by atoms with Gasteiger partial charge in [0.25, 0.3) is 0 Å². The lowest BCUT2D eigenvalue weighted by molar-refractivity contribution is 0.0514. The van der Waals surface area contributed by atoms with Gasteiger partial charge in [-0.2, -0.15) is 0 Å². The number of nitrogens with zero attached hydrogens (tertiary/aromatic N) is 1. The number of ether oxygens (including phenoxy) is 3. The first-order valence-corrected chi connectivity index (χ1v) is 10.6. The Labute approximate surface area is 206 Å². The Morgan fingerprint density at radius 3 is 2.58 bits per heavy atom. The third kappa shape index (κ3) is 6.63. The van der Waals surface area contributed by atoms with E-state index in [9.17, 15) is 0 Å². The van der Waals surface area contributed by atoms with Crippen molar-refractivity contribution in [1.82, 2.24) is 5.32 Å². The summed E-state index contributed by atoms with van der Waals surface area (Å²) in [6.45, 7) is 4.72. The number of guanidine groups is 1. The van der Waals surface area contributed by atoms with Crippen LogP contribution in [0.25, 0.3) is 0 Å². The topological polar surface area (TPSA) is 64.1 Å². The molecule has 0 aromatic heterocycles. The first-order valence-electron chi connectivity index (χ1n) is 10.2. The largest absolute Gasteiger partial charge is 0.493 e. The van der Waals surface area contributed by atoms with Crippen molar-refractivity contribution in [3.8, 4) is 11.5 Å². The van der Waals surface area contributed by atoms with Crippen molar-refractivity contribution in [2.75, 3.05) is 45.8 Å². The van der Waals surface area contributed by atoms with Gasteiger partial charge in [-0.1, -0.05) is 23.7 Å². The van der Waals surface area contributed by atoms with Crippen LogP contribution in [-0.4, -0.2) is 46.5 Å². The third-order valence-electron chi connectivity index (χ3n) is 5.43. The van der Waals surface area contributed by atoms with Crippen LogP contribution in [0.3, 0.4) is 0 Å². The molecular weight excluding hydrogens is 529 g/mol. The van der Waals surface area contributed by atoms with Crippen LogP contribution in [0.15, 0.2) is 47.5 Å². The summed E-state index contributed by atoms with van der Waals surface area (Å²) in [5.74, 6) is 2.09. The molecule has 0 amide bonds. The van der Waals surface area contributed by atoms with Gasteiger partial charge in [0.15, 0.2) is 17.5 Å². The summed E-state index contributed by atoms with van der Waals surface area (Å²) in [5, 5.41) is 7.58. The van der Waals surface area contributed by atoms with Crippen molar-refractivity contribution in [3.05, 3.63) is 53.1 Å². The molecule has 0 spiro atoms. The second-order valence-electron chi connectivity index (χ2n) is 7.25. The second-order valence-corrected chi connectivity index (χ2v) is 7.69. The van der Waals surface area contributed by atoms with Crippen molar-refractivity contribution in [3.63, 3.8) is 0 Å². The smallest absolute Gasteiger partial charge is 0.195 e. The molecule has 0 unspecified atom stereocenters. The maximum absolute atomic E-state index is 6.28. The molecule has 1 fully saturated rings. The number of nitrogens with one attached hydrogen (secondary N) is 2. The summed E-state index contributed by atoms with van der Waals surface area (Å²) in [5.41, 5.74) is 2.04. The minimum Gasteiger partial charge on any atom is -0.493 e. The summed E-state index contributed by atoms with van der Waals surface area (Å²) < 4.78 is 16.7. The quantitative estimate of drug-likeness (QED) is 0.281. The minimum absolute atomic E-state index is 0. The molecule has 1 aliphatic heterocycles. The molecule has 0 radical (unpaired) electrons. The van der Waals surface area contributed by atoms with E-state index in [0.29, 0.717) is 18.3 Å². The van der Waals surface area contributed by atoms with Crippen molar-refractivity contribution < 1.29 is 14.2 Å². The summed E-state index contributed by atoms with van der Waals surface area (Å²) in [7, 11) is 3.39. The zero-order valence-corrected chi connectivity index (χ0v) is 21.3. The van der Waals surface area contributed by atoms with Crippen LogP contribution in [0, 0.1) is 0 Å². The van der Waals surface area contributed by atoms with Crippen LogP contribution in [0.4, 0.5) is 5.69 Å². The Morgan fingerprint density at radius 2 is 1.94 bits per heavy atom. The molecule has 2 aromatic carbocycles. The molecule has 8 heteroatoms. The second kappa shape index (κ2) is 12.4. The van der Waals surface area contributed by atoms with Gasteiger partial charge in [0.2, 0.25) is 0 Å². The lowest BCUT2D eigenvalue weighted by atomic mass is 9.74. The molecule has 1 saturated heterocycles. The van der Waals surface area contributed by atoms with E-state index in [2.05, 4.69) is 27.8 Å². The number of halogens is 2. The van der Waals surface area contributed by atoms with E-state index >= 15 is 0 Å². The fourth-order valence-electron chi connectivity index (χ4n) is 3.74. The molecule has 1 aliphatic rings. The molecule has 3 rings (SSSR count). The molecule has 2 N–H and O–H groups in total. The zero-order valence-electron chi connectivity index (χ0n) is 18.2. The minimum atomic E-state index is -0.0583. The average Bonchev–Trinajstić information content (AvgIpc) is 2.78. The number of benzene rings is 2.